The van der Waals surface area contributed by atoms with Crippen LogP contribution in [0.2, 0.25) is 0 Å². The van der Waals surface area contributed by atoms with Crippen molar-refractivity contribution in [3.05, 3.63) is 18.3 Å². The van der Waals surface area contributed by atoms with Crippen molar-refractivity contribution in [3.63, 3.8) is 0 Å². The van der Waals surface area contributed by atoms with Gasteiger partial charge in [0.15, 0.2) is 11.6 Å². The SMILES string of the molecule is COc1cccnc1NC(C)(C)C(=O)O. The van der Waals surface area contributed by atoms with Crippen LogP contribution in [0.15, 0.2) is 18.3 Å². The van der Waals surface area contributed by atoms with Crippen LogP contribution in [0.1, 0.15) is 13.8 Å². The highest BCUT2D eigenvalue weighted by Gasteiger charge is 2.28. The predicted octanol–water partition coefficient (Wildman–Crippen LogP) is 1.37. The maximum absolute atomic E-state index is 10.9. The molecule has 15 heavy (non-hydrogen) atoms. The van der Waals surface area contributed by atoms with E-state index in [1.165, 1.54) is 7.11 Å². The monoisotopic (exact) mass is 210 g/mol. The van der Waals surface area contributed by atoms with Crippen LogP contribution in [0.4, 0.5) is 5.82 Å². The average Bonchev–Trinajstić information content (AvgIpc) is 2.18. The Bertz CT molecular complexity index is 363. The van der Waals surface area contributed by atoms with Gasteiger partial charge in [-0.25, -0.2) is 9.78 Å². The third-order valence-corrected chi connectivity index (χ3v) is 1.96. The fourth-order valence-electron chi connectivity index (χ4n) is 0.999. The van der Waals surface area contributed by atoms with E-state index in [1.54, 1.807) is 32.2 Å². The summed E-state index contributed by atoms with van der Waals surface area (Å²) < 4.78 is 5.05. The fraction of sp³-hybridized carbons (Fsp3) is 0.400. The molecule has 0 aliphatic heterocycles. The number of carboxylic acids is 1. The number of carbonyl (C=O) groups is 1. The van der Waals surface area contributed by atoms with Crippen molar-refractivity contribution in [2.45, 2.75) is 19.4 Å². The van der Waals surface area contributed by atoms with Crippen LogP contribution in [-0.4, -0.2) is 28.7 Å². The molecule has 1 heterocycles. The van der Waals surface area contributed by atoms with Gasteiger partial charge in [-0.1, -0.05) is 0 Å². The van der Waals surface area contributed by atoms with E-state index in [0.717, 1.165) is 0 Å². The smallest absolute Gasteiger partial charge is 0.328 e. The van der Waals surface area contributed by atoms with Gasteiger partial charge in [-0.05, 0) is 26.0 Å². The number of hydrogen-bond acceptors (Lipinski definition) is 4. The van der Waals surface area contributed by atoms with E-state index in [-0.39, 0.29) is 0 Å². The maximum atomic E-state index is 10.9. The molecule has 1 aromatic heterocycles. The predicted molar refractivity (Wildman–Crippen MR) is 56.1 cm³/mol. The van der Waals surface area contributed by atoms with Gasteiger partial charge in [-0.2, -0.15) is 0 Å². The summed E-state index contributed by atoms with van der Waals surface area (Å²) in [4.78, 5) is 14.9. The molecule has 5 nitrogen and oxygen atoms in total. The molecule has 0 unspecified atom stereocenters. The molecule has 0 aliphatic rings. The molecule has 0 fully saturated rings. The van der Waals surface area contributed by atoms with Crippen molar-refractivity contribution >= 4 is 11.8 Å². The zero-order valence-corrected chi connectivity index (χ0v) is 8.94. The highest BCUT2D eigenvalue weighted by molar-refractivity contribution is 5.81. The minimum atomic E-state index is -1.08. The quantitative estimate of drug-likeness (QED) is 0.785. The summed E-state index contributed by atoms with van der Waals surface area (Å²) in [5.74, 6) is -0.00516. The van der Waals surface area contributed by atoms with Gasteiger partial charge in [0.05, 0.1) is 7.11 Å². The van der Waals surface area contributed by atoms with Crippen LogP contribution in [0.25, 0.3) is 0 Å². The highest BCUT2D eigenvalue weighted by atomic mass is 16.5. The Hall–Kier alpha value is -1.78. The molecule has 0 amide bonds. The Labute approximate surface area is 88.1 Å². The Morgan fingerprint density at radius 3 is 2.80 bits per heavy atom. The lowest BCUT2D eigenvalue weighted by molar-refractivity contribution is -0.141. The van der Waals surface area contributed by atoms with Crippen LogP contribution in [0, 0.1) is 0 Å². The molecule has 0 aliphatic carbocycles. The lowest BCUT2D eigenvalue weighted by atomic mass is 10.1. The van der Waals surface area contributed by atoms with Gasteiger partial charge in [0, 0.05) is 6.20 Å². The van der Waals surface area contributed by atoms with E-state index < -0.39 is 11.5 Å². The van der Waals surface area contributed by atoms with E-state index in [2.05, 4.69) is 10.3 Å². The van der Waals surface area contributed by atoms with Gasteiger partial charge >= 0.3 is 5.97 Å². The van der Waals surface area contributed by atoms with Gasteiger partial charge in [-0.3, -0.25) is 0 Å². The maximum Gasteiger partial charge on any atom is 0.328 e. The van der Waals surface area contributed by atoms with Gasteiger partial charge in [0.1, 0.15) is 5.54 Å². The molecule has 0 aromatic carbocycles. The molecule has 0 saturated carbocycles. The topological polar surface area (TPSA) is 71.5 Å². The molecule has 0 saturated heterocycles. The van der Waals surface area contributed by atoms with E-state index >= 15 is 0 Å². The second-order valence-electron chi connectivity index (χ2n) is 3.61. The summed E-state index contributed by atoms with van der Waals surface area (Å²) in [5.41, 5.74) is -1.08. The Balaban J connectivity index is 2.94. The molecule has 82 valence electrons. The standard InChI is InChI=1S/C10H14N2O3/c1-10(2,9(13)14)12-8-7(15-3)5-4-6-11-8/h4-6H,1-3H3,(H,11,12)(H,13,14). The third kappa shape index (κ3) is 2.59. The number of carboxylic acid groups (broad SMARTS) is 1. The number of aliphatic carboxylic acids is 1. The van der Waals surface area contributed by atoms with E-state index in [1.807, 2.05) is 0 Å². The number of hydrogen-bond donors (Lipinski definition) is 2. The normalized spacial score (nSPS) is 10.9. The van der Waals surface area contributed by atoms with Crippen LogP contribution in [0.3, 0.4) is 0 Å². The number of nitrogens with one attached hydrogen (secondary N) is 1. The molecule has 1 aromatic rings. The average molecular weight is 210 g/mol. The summed E-state index contributed by atoms with van der Waals surface area (Å²) in [5, 5.41) is 11.7. The molecule has 0 bridgehead atoms. The molecule has 0 spiro atoms. The van der Waals surface area contributed by atoms with Gasteiger partial charge in [0.25, 0.3) is 0 Å². The van der Waals surface area contributed by atoms with Crippen molar-refractivity contribution in [2.75, 3.05) is 12.4 Å². The van der Waals surface area contributed by atoms with E-state index in [0.29, 0.717) is 11.6 Å². The summed E-state index contributed by atoms with van der Waals surface area (Å²) in [6.45, 7) is 3.12. The van der Waals surface area contributed by atoms with Crippen molar-refractivity contribution in [3.8, 4) is 5.75 Å². The van der Waals surface area contributed by atoms with Crippen LogP contribution in [0.5, 0.6) is 5.75 Å². The number of anilines is 1. The number of ether oxygens (including phenoxy) is 1. The molecular weight excluding hydrogens is 196 g/mol. The molecule has 2 N–H and O–H groups in total. The lowest BCUT2D eigenvalue weighted by Crippen LogP contribution is -2.40. The molecule has 1 rings (SSSR count). The van der Waals surface area contributed by atoms with Crippen LogP contribution < -0.4 is 10.1 Å². The van der Waals surface area contributed by atoms with E-state index in [4.69, 9.17) is 9.84 Å². The minimum Gasteiger partial charge on any atom is -0.493 e. The van der Waals surface area contributed by atoms with Crippen LogP contribution in [-0.2, 0) is 4.79 Å². The first-order valence-electron chi connectivity index (χ1n) is 4.48. The lowest BCUT2D eigenvalue weighted by Gasteiger charge is -2.22. The first kappa shape index (κ1) is 11.3. The van der Waals surface area contributed by atoms with Crippen molar-refractivity contribution in [1.29, 1.82) is 0 Å². The zero-order chi connectivity index (χ0) is 11.5. The number of nitrogens with zero attached hydrogens (tertiary/aromatic N) is 1. The van der Waals surface area contributed by atoms with Crippen molar-refractivity contribution in [2.24, 2.45) is 0 Å². The molecule has 0 atom stereocenters. The summed E-state index contributed by atoms with van der Waals surface area (Å²) in [6.07, 6.45) is 1.57. The number of aromatic nitrogens is 1. The largest absolute Gasteiger partial charge is 0.493 e. The summed E-state index contributed by atoms with van der Waals surface area (Å²) in [6, 6.07) is 3.44. The second-order valence-corrected chi connectivity index (χ2v) is 3.61. The van der Waals surface area contributed by atoms with Crippen molar-refractivity contribution in [1.82, 2.24) is 4.98 Å². The zero-order valence-electron chi connectivity index (χ0n) is 8.94. The van der Waals surface area contributed by atoms with E-state index in [9.17, 15) is 4.79 Å². The number of rotatable bonds is 4. The number of methoxy groups -OCH3 is 1. The fourth-order valence-corrected chi connectivity index (χ4v) is 0.999. The molecule has 5 heteroatoms. The van der Waals surface area contributed by atoms with Crippen LogP contribution >= 0.6 is 0 Å². The molecule has 0 radical (unpaired) electrons. The van der Waals surface area contributed by atoms with Gasteiger partial charge in [0.2, 0.25) is 0 Å². The Kier molecular flexibility index (Phi) is 3.14. The number of pyridine rings is 1. The van der Waals surface area contributed by atoms with Crippen molar-refractivity contribution < 1.29 is 14.6 Å². The summed E-state index contributed by atoms with van der Waals surface area (Å²) in [7, 11) is 1.51. The first-order valence-corrected chi connectivity index (χ1v) is 4.48. The minimum absolute atomic E-state index is 0.424. The van der Waals surface area contributed by atoms with Gasteiger partial charge < -0.3 is 15.2 Å². The first-order chi connectivity index (χ1) is 6.97. The summed E-state index contributed by atoms with van der Waals surface area (Å²) >= 11 is 0. The van der Waals surface area contributed by atoms with Gasteiger partial charge in [-0.15, -0.1) is 0 Å². The second kappa shape index (κ2) is 4.16. The Morgan fingerprint density at radius 1 is 1.60 bits per heavy atom. The third-order valence-electron chi connectivity index (χ3n) is 1.96. The highest BCUT2D eigenvalue weighted by Crippen LogP contribution is 2.23. The molecular formula is C10H14N2O3. The Morgan fingerprint density at radius 2 is 2.27 bits per heavy atom.